The van der Waals surface area contributed by atoms with Crippen LogP contribution in [0.2, 0.25) is 0 Å². The van der Waals surface area contributed by atoms with Crippen molar-refractivity contribution in [1.82, 2.24) is 3.96 Å². The second-order valence-electron chi connectivity index (χ2n) is 4.10. The molecule has 0 fully saturated rings. The van der Waals surface area contributed by atoms with Crippen LogP contribution in [-0.4, -0.2) is 8.95 Å². The van der Waals surface area contributed by atoms with E-state index in [0.717, 1.165) is 21.3 Å². The second kappa shape index (κ2) is 4.60. The summed E-state index contributed by atoms with van der Waals surface area (Å²) in [6.07, 6.45) is 0. The lowest BCUT2D eigenvalue weighted by molar-refractivity contribution is 1.14. The van der Waals surface area contributed by atoms with E-state index in [0.29, 0.717) is 4.99 Å². The first-order chi connectivity index (χ1) is 9.16. The second-order valence-corrected chi connectivity index (χ2v) is 5.53. The highest BCUT2D eigenvalue weighted by Crippen LogP contribution is 2.20. The number of hydrogen-bond acceptors (Lipinski definition) is 3. The Balaban J connectivity index is 2.16. The maximum atomic E-state index is 12.3. The van der Waals surface area contributed by atoms with Crippen molar-refractivity contribution in [2.45, 2.75) is 0 Å². The lowest BCUT2D eigenvalue weighted by Gasteiger charge is -2.02. The van der Waals surface area contributed by atoms with E-state index in [2.05, 4.69) is 0 Å². The van der Waals surface area contributed by atoms with Gasteiger partial charge in [0.25, 0.3) is 5.56 Å². The fourth-order valence-corrected chi connectivity index (χ4v) is 3.04. The average Bonchev–Trinajstić information content (AvgIpc) is 2.77. The quantitative estimate of drug-likeness (QED) is 0.737. The highest BCUT2D eigenvalue weighted by molar-refractivity contribution is 7.80. The fourth-order valence-electron chi connectivity index (χ4n) is 1.90. The molecule has 0 aliphatic heterocycles. The van der Waals surface area contributed by atoms with Crippen LogP contribution < -0.4 is 11.3 Å². The van der Waals surface area contributed by atoms with Gasteiger partial charge in [0, 0.05) is 5.56 Å². The van der Waals surface area contributed by atoms with E-state index in [1.54, 1.807) is 3.96 Å². The molecule has 0 radical (unpaired) electrons. The first kappa shape index (κ1) is 12.1. The van der Waals surface area contributed by atoms with Gasteiger partial charge in [0.1, 0.15) is 4.99 Å². The average molecular weight is 286 g/mol. The van der Waals surface area contributed by atoms with Gasteiger partial charge in [-0.3, -0.25) is 4.79 Å². The van der Waals surface area contributed by atoms with Crippen molar-refractivity contribution in [1.29, 1.82) is 0 Å². The Bertz CT molecular complexity index is 815. The van der Waals surface area contributed by atoms with Gasteiger partial charge in [-0.05, 0) is 36.4 Å². The molecule has 0 bridgehead atoms. The summed E-state index contributed by atoms with van der Waals surface area (Å²) in [6, 6.07) is 14.9. The van der Waals surface area contributed by atoms with Crippen molar-refractivity contribution in [2.75, 3.05) is 0 Å². The van der Waals surface area contributed by atoms with Gasteiger partial charge >= 0.3 is 0 Å². The Kier molecular flexibility index (Phi) is 2.93. The van der Waals surface area contributed by atoms with Gasteiger partial charge in [0.15, 0.2) is 0 Å². The first-order valence-corrected chi connectivity index (χ1v) is 6.86. The minimum atomic E-state index is 0.00340. The molecular weight excluding hydrogens is 276 g/mol. The summed E-state index contributed by atoms with van der Waals surface area (Å²) in [5, 5.41) is 0.742. The van der Waals surface area contributed by atoms with Crippen LogP contribution in [0.5, 0.6) is 0 Å². The van der Waals surface area contributed by atoms with E-state index in [1.807, 2.05) is 48.5 Å². The molecule has 0 aliphatic carbocycles. The van der Waals surface area contributed by atoms with Crippen LogP contribution in [0.1, 0.15) is 5.56 Å². The number of nitrogens with two attached hydrogens (primary N) is 1. The standard InChI is InChI=1S/C14H10N2OS2/c15-13(18)9-5-7-10(8-6-9)16-14(17)11-3-1-2-4-12(11)19-16/h1-8H,(H2,15,18). The highest BCUT2D eigenvalue weighted by atomic mass is 32.1. The summed E-state index contributed by atoms with van der Waals surface area (Å²) in [4.78, 5) is 12.6. The smallest absolute Gasteiger partial charge is 0.273 e. The van der Waals surface area contributed by atoms with Crippen LogP contribution in [0.25, 0.3) is 15.8 Å². The van der Waals surface area contributed by atoms with Crippen LogP contribution in [-0.2, 0) is 0 Å². The molecule has 2 N–H and O–H groups in total. The predicted molar refractivity (Wildman–Crippen MR) is 83.3 cm³/mol. The minimum Gasteiger partial charge on any atom is -0.389 e. The summed E-state index contributed by atoms with van der Waals surface area (Å²) in [5.41, 5.74) is 7.19. The molecule has 3 rings (SSSR count). The molecule has 0 atom stereocenters. The van der Waals surface area contributed by atoms with Gasteiger partial charge in [-0.15, -0.1) is 0 Å². The number of rotatable bonds is 2. The molecule has 0 saturated carbocycles. The Morgan fingerprint density at radius 2 is 1.79 bits per heavy atom. The zero-order valence-electron chi connectivity index (χ0n) is 9.87. The Labute approximate surface area is 119 Å². The first-order valence-electron chi connectivity index (χ1n) is 5.68. The van der Waals surface area contributed by atoms with Crippen LogP contribution in [0.4, 0.5) is 0 Å². The van der Waals surface area contributed by atoms with Crippen molar-refractivity contribution in [3.8, 4) is 5.69 Å². The van der Waals surface area contributed by atoms with Crippen molar-refractivity contribution < 1.29 is 0 Å². The number of benzene rings is 2. The van der Waals surface area contributed by atoms with E-state index >= 15 is 0 Å². The topological polar surface area (TPSA) is 48.0 Å². The van der Waals surface area contributed by atoms with E-state index in [9.17, 15) is 4.79 Å². The van der Waals surface area contributed by atoms with E-state index in [4.69, 9.17) is 18.0 Å². The SMILES string of the molecule is NC(=S)c1ccc(-n2sc3ccccc3c2=O)cc1. The third-order valence-electron chi connectivity index (χ3n) is 2.88. The Hall–Kier alpha value is -1.98. The maximum Gasteiger partial charge on any atom is 0.273 e. The van der Waals surface area contributed by atoms with Crippen molar-refractivity contribution in [3.63, 3.8) is 0 Å². The molecule has 1 heterocycles. The molecule has 3 nitrogen and oxygen atoms in total. The molecular formula is C14H10N2OS2. The fraction of sp³-hybridized carbons (Fsp3) is 0. The zero-order chi connectivity index (χ0) is 13.4. The molecule has 0 aliphatic rings. The molecule has 0 spiro atoms. The molecule has 3 aromatic rings. The van der Waals surface area contributed by atoms with Gasteiger partial charge in [-0.2, -0.15) is 0 Å². The van der Waals surface area contributed by atoms with Crippen LogP contribution >= 0.6 is 23.8 Å². The van der Waals surface area contributed by atoms with Gasteiger partial charge in [-0.25, -0.2) is 3.96 Å². The molecule has 0 saturated heterocycles. The van der Waals surface area contributed by atoms with Gasteiger partial charge < -0.3 is 5.73 Å². The largest absolute Gasteiger partial charge is 0.389 e. The highest BCUT2D eigenvalue weighted by Gasteiger charge is 2.08. The van der Waals surface area contributed by atoms with Crippen LogP contribution in [0.3, 0.4) is 0 Å². The maximum absolute atomic E-state index is 12.3. The number of aromatic nitrogens is 1. The summed E-state index contributed by atoms with van der Waals surface area (Å²) in [5.74, 6) is 0. The Morgan fingerprint density at radius 3 is 2.42 bits per heavy atom. The number of hydrogen-bond donors (Lipinski definition) is 1. The number of nitrogens with zero attached hydrogens (tertiary/aromatic N) is 1. The summed E-state index contributed by atoms with van der Waals surface area (Å²) in [6.45, 7) is 0. The monoisotopic (exact) mass is 286 g/mol. The lowest BCUT2D eigenvalue weighted by Crippen LogP contribution is -2.12. The van der Waals surface area contributed by atoms with Crippen molar-refractivity contribution >= 4 is 38.8 Å². The van der Waals surface area contributed by atoms with E-state index < -0.39 is 0 Å². The van der Waals surface area contributed by atoms with E-state index in [-0.39, 0.29) is 5.56 Å². The molecule has 0 unspecified atom stereocenters. The van der Waals surface area contributed by atoms with Gasteiger partial charge in [-0.1, -0.05) is 35.9 Å². The predicted octanol–water partition coefficient (Wildman–Crippen LogP) is 2.69. The molecule has 1 aromatic heterocycles. The molecule has 2 aromatic carbocycles. The van der Waals surface area contributed by atoms with Crippen LogP contribution in [0, 0.1) is 0 Å². The molecule has 94 valence electrons. The van der Waals surface area contributed by atoms with Crippen molar-refractivity contribution in [3.05, 3.63) is 64.4 Å². The summed E-state index contributed by atoms with van der Waals surface area (Å²) >= 11 is 6.34. The molecule has 5 heteroatoms. The summed E-state index contributed by atoms with van der Waals surface area (Å²) in [7, 11) is 0. The number of fused-ring (bicyclic) bond motifs is 1. The van der Waals surface area contributed by atoms with Crippen LogP contribution in [0.15, 0.2) is 53.3 Å². The Morgan fingerprint density at radius 1 is 1.11 bits per heavy atom. The van der Waals surface area contributed by atoms with E-state index in [1.165, 1.54) is 11.5 Å². The third kappa shape index (κ3) is 2.07. The van der Waals surface area contributed by atoms with Crippen molar-refractivity contribution in [2.24, 2.45) is 5.73 Å². The minimum absolute atomic E-state index is 0.00340. The molecule has 19 heavy (non-hydrogen) atoms. The number of thiocarbonyl (C=S) groups is 1. The lowest BCUT2D eigenvalue weighted by atomic mass is 10.2. The molecule has 0 amide bonds. The van der Waals surface area contributed by atoms with Gasteiger partial charge in [0.2, 0.25) is 0 Å². The summed E-state index contributed by atoms with van der Waals surface area (Å²) < 4.78 is 2.65. The third-order valence-corrected chi connectivity index (χ3v) is 4.23. The van der Waals surface area contributed by atoms with Gasteiger partial charge in [0.05, 0.1) is 15.8 Å². The normalized spacial score (nSPS) is 10.7. The zero-order valence-corrected chi connectivity index (χ0v) is 11.5.